The van der Waals surface area contributed by atoms with Crippen molar-refractivity contribution >= 4 is 35.2 Å². The minimum Gasteiger partial charge on any atom is -0.497 e. The number of nitrogens with zero attached hydrogens (tertiary/aromatic N) is 2. The fourth-order valence-corrected chi connectivity index (χ4v) is 2.74. The van der Waals surface area contributed by atoms with Crippen LogP contribution >= 0.6 is 23.2 Å². The van der Waals surface area contributed by atoms with Gasteiger partial charge in [0.2, 0.25) is 5.91 Å². The molecule has 1 aromatic carbocycles. The van der Waals surface area contributed by atoms with Gasteiger partial charge in [-0.3, -0.25) is 4.79 Å². The second-order valence-electron chi connectivity index (χ2n) is 7.56. The molecule has 0 radical (unpaired) electrons. The molecule has 28 heavy (non-hydrogen) atoms. The number of benzene rings is 1. The molecule has 1 aromatic rings. The summed E-state index contributed by atoms with van der Waals surface area (Å²) in [5.74, 6) is 0.720. The molecule has 1 heterocycles. The summed E-state index contributed by atoms with van der Waals surface area (Å²) in [6, 6.07) is 5.13. The third-order valence-electron chi connectivity index (χ3n) is 3.91. The molecule has 2 amide bonds. The lowest BCUT2D eigenvalue weighted by Crippen LogP contribution is -2.44. The SMILES string of the molecule is CN(CC(=O)N1CCCCC1)C(=O)OC(C)(C)C.COc1ccc(Cl)c(Cl)c1. The lowest BCUT2D eigenvalue weighted by molar-refractivity contribution is -0.133. The summed E-state index contributed by atoms with van der Waals surface area (Å²) in [5.41, 5.74) is -0.528. The molecule has 0 bridgehead atoms. The van der Waals surface area contributed by atoms with Gasteiger partial charge in [0.1, 0.15) is 17.9 Å². The fourth-order valence-electron chi connectivity index (χ4n) is 2.45. The van der Waals surface area contributed by atoms with E-state index >= 15 is 0 Å². The third kappa shape index (κ3) is 9.02. The largest absolute Gasteiger partial charge is 0.497 e. The maximum absolute atomic E-state index is 12.0. The van der Waals surface area contributed by atoms with Crippen LogP contribution in [0, 0.1) is 0 Å². The van der Waals surface area contributed by atoms with Crippen LogP contribution in [0.5, 0.6) is 5.75 Å². The van der Waals surface area contributed by atoms with E-state index in [1.165, 1.54) is 11.3 Å². The number of carbonyl (C=O) groups is 2. The number of methoxy groups -OCH3 is 1. The van der Waals surface area contributed by atoms with Crippen LogP contribution in [0.1, 0.15) is 40.0 Å². The summed E-state index contributed by atoms with van der Waals surface area (Å²) in [7, 11) is 3.18. The molecule has 2 rings (SSSR count). The quantitative estimate of drug-likeness (QED) is 0.683. The van der Waals surface area contributed by atoms with Crippen molar-refractivity contribution in [3.63, 3.8) is 0 Å². The van der Waals surface area contributed by atoms with Crippen molar-refractivity contribution in [3.8, 4) is 5.75 Å². The second kappa shape index (κ2) is 11.4. The Balaban J connectivity index is 0.000000330. The van der Waals surface area contributed by atoms with Crippen molar-refractivity contribution < 1.29 is 19.1 Å². The molecule has 0 N–H and O–H groups in total. The van der Waals surface area contributed by atoms with Crippen LogP contribution in [-0.2, 0) is 9.53 Å². The Hall–Kier alpha value is -1.66. The molecular formula is C20H30Cl2N2O4. The van der Waals surface area contributed by atoms with Crippen LogP contribution in [0.3, 0.4) is 0 Å². The second-order valence-corrected chi connectivity index (χ2v) is 8.37. The van der Waals surface area contributed by atoms with Crippen molar-refractivity contribution in [3.05, 3.63) is 28.2 Å². The summed E-state index contributed by atoms with van der Waals surface area (Å²) in [4.78, 5) is 26.8. The number of ether oxygens (including phenoxy) is 2. The molecule has 0 atom stereocenters. The van der Waals surface area contributed by atoms with E-state index < -0.39 is 11.7 Å². The lowest BCUT2D eigenvalue weighted by atomic mass is 10.1. The Morgan fingerprint density at radius 3 is 2.21 bits per heavy atom. The molecule has 0 unspecified atom stereocenters. The van der Waals surface area contributed by atoms with Crippen molar-refractivity contribution in [1.29, 1.82) is 0 Å². The van der Waals surface area contributed by atoms with Crippen LogP contribution < -0.4 is 4.74 Å². The van der Waals surface area contributed by atoms with E-state index in [1.807, 2.05) is 25.7 Å². The highest BCUT2D eigenvalue weighted by Gasteiger charge is 2.23. The smallest absolute Gasteiger partial charge is 0.410 e. The monoisotopic (exact) mass is 432 g/mol. The minimum atomic E-state index is -0.528. The van der Waals surface area contributed by atoms with Crippen molar-refractivity contribution in [2.24, 2.45) is 0 Å². The van der Waals surface area contributed by atoms with Crippen molar-refractivity contribution in [1.82, 2.24) is 9.80 Å². The van der Waals surface area contributed by atoms with E-state index in [2.05, 4.69) is 0 Å². The first-order valence-corrected chi connectivity index (χ1v) is 10.00. The molecule has 6 nitrogen and oxygen atoms in total. The van der Waals surface area contributed by atoms with E-state index in [-0.39, 0.29) is 12.5 Å². The minimum absolute atomic E-state index is 0.00283. The van der Waals surface area contributed by atoms with E-state index in [0.29, 0.717) is 10.0 Å². The Labute approximate surface area is 177 Å². The first-order valence-electron chi connectivity index (χ1n) is 9.24. The molecule has 1 saturated heterocycles. The number of piperidine rings is 1. The van der Waals surface area contributed by atoms with Crippen LogP contribution in [0.25, 0.3) is 0 Å². The molecule has 1 aliphatic rings. The highest BCUT2D eigenvalue weighted by Crippen LogP contribution is 2.25. The van der Waals surface area contributed by atoms with Gasteiger partial charge < -0.3 is 19.3 Å². The van der Waals surface area contributed by atoms with Gasteiger partial charge in [0.15, 0.2) is 0 Å². The number of likely N-dealkylation sites (N-methyl/N-ethyl adjacent to an activating group) is 1. The van der Waals surface area contributed by atoms with Gasteiger partial charge in [0, 0.05) is 26.2 Å². The number of halogens is 2. The van der Waals surface area contributed by atoms with Crippen LogP contribution in [-0.4, -0.2) is 61.2 Å². The number of rotatable bonds is 3. The van der Waals surface area contributed by atoms with Gasteiger partial charge in [-0.1, -0.05) is 23.2 Å². The molecule has 1 fully saturated rings. The third-order valence-corrected chi connectivity index (χ3v) is 4.65. The zero-order valence-electron chi connectivity index (χ0n) is 17.3. The molecule has 0 aliphatic carbocycles. The summed E-state index contributed by atoms with van der Waals surface area (Å²) < 4.78 is 10.1. The Bertz CT molecular complexity index is 656. The maximum atomic E-state index is 12.0. The topological polar surface area (TPSA) is 59.1 Å². The number of carbonyl (C=O) groups excluding carboxylic acids is 2. The Kier molecular flexibility index (Phi) is 9.90. The zero-order chi connectivity index (χ0) is 21.3. The van der Waals surface area contributed by atoms with E-state index in [0.717, 1.165) is 31.7 Å². The zero-order valence-corrected chi connectivity index (χ0v) is 18.8. The van der Waals surface area contributed by atoms with Crippen LogP contribution in [0.15, 0.2) is 18.2 Å². The van der Waals surface area contributed by atoms with E-state index in [4.69, 9.17) is 32.7 Å². The molecule has 0 aromatic heterocycles. The molecule has 0 spiro atoms. The summed E-state index contributed by atoms with van der Waals surface area (Å²) in [5, 5.41) is 1.06. The Morgan fingerprint density at radius 1 is 1.11 bits per heavy atom. The fraction of sp³-hybridized carbons (Fsp3) is 0.600. The van der Waals surface area contributed by atoms with Crippen molar-refractivity contribution in [2.75, 3.05) is 33.8 Å². The van der Waals surface area contributed by atoms with Crippen LogP contribution in [0.4, 0.5) is 4.79 Å². The van der Waals surface area contributed by atoms with Crippen molar-refractivity contribution in [2.45, 2.75) is 45.6 Å². The first kappa shape index (κ1) is 24.4. The number of likely N-dealkylation sites (tertiary alicyclic amines) is 1. The lowest BCUT2D eigenvalue weighted by Gasteiger charge is -2.29. The van der Waals surface area contributed by atoms with E-state index in [9.17, 15) is 9.59 Å². The highest BCUT2D eigenvalue weighted by atomic mass is 35.5. The molecule has 1 aliphatic heterocycles. The normalized spacial score (nSPS) is 13.9. The summed E-state index contributed by atoms with van der Waals surface area (Å²) in [6.45, 7) is 7.14. The van der Waals surface area contributed by atoms with Crippen LogP contribution in [0.2, 0.25) is 10.0 Å². The standard InChI is InChI=1S/C13H24N2O3.C7H6Cl2O/c1-13(2,3)18-12(17)14(4)10-11(16)15-8-6-5-7-9-15;1-10-5-2-3-6(8)7(9)4-5/h5-10H2,1-4H3;2-4H,1H3. The van der Waals surface area contributed by atoms with Gasteiger partial charge in [0.05, 0.1) is 17.2 Å². The average Bonchev–Trinajstić information content (AvgIpc) is 2.63. The predicted molar refractivity (Wildman–Crippen MR) is 112 cm³/mol. The predicted octanol–water partition coefficient (Wildman–Crippen LogP) is 4.87. The number of amides is 2. The van der Waals surface area contributed by atoms with Gasteiger partial charge in [-0.05, 0) is 52.2 Å². The average molecular weight is 433 g/mol. The van der Waals surface area contributed by atoms with Gasteiger partial charge in [-0.25, -0.2) is 4.79 Å². The van der Waals surface area contributed by atoms with E-state index in [1.54, 1.807) is 32.4 Å². The molecule has 8 heteroatoms. The molecular weight excluding hydrogens is 403 g/mol. The molecule has 158 valence electrons. The van der Waals surface area contributed by atoms with Gasteiger partial charge in [0.25, 0.3) is 0 Å². The Morgan fingerprint density at radius 2 is 1.71 bits per heavy atom. The highest BCUT2D eigenvalue weighted by molar-refractivity contribution is 6.42. The number of hydrogen-bond acceptors (Lipinski definition) is 4. The van der Waals surface area contributed by atoms with Gasteiger partial charge in [-0.15, -0.1) is 0 Å². The van der Waals surface area contributed by atoms with Gasteiger partial charge >= 0.3 is 6.09 Å². The summed E-state index contributed by atoms with van der Waals surface area (Å²) in [6.07, 6.45) is 2.85. The van der Waals surface area contributed by atoms with Gasteiger partial charge in [-0.2, -0.15) is 0 Å². The number of hydrogen-bond donors (Lipinski definition) is 0. The first-order chi connectivity index (χ1) is 13.0. The summed E-state index contributed by atoms with van der Waals surface area (Å²) >= 11 is 11.3. The maximum Gasteiger partial charge on any atom is 0.410 e. The molecule has 0 saturated carbocycles.